The van der Waals surface area contributed by atoms with E-state index in [-0.39, 0.29) is 5.48 Å². The van der Waals surface area contributed by atoms with E-state index in [0.29, 0.717) is 0 Å². The third kappa shape index (κ3) is 5.91. The number of nitrogens with one attached hydrogen (secondary N) is 2. The van der Waals surface area contributed by atoms with Gasteiger partial charge in [-0.1, -0.05) is 17.3 Å². The van der Waals surface area contributed by atoms with Crippen molar-refractivity contribution < 1.29 is 39.5 Å². The number of H-pyrrole nitrogens is 2. The molecule has 0 aliphatic rings. The third-order valence-corrected chi connectivity index (χ3v) is 1.27. The number of benzene rings is 1. The summed E-state index contributed by atoms with van der Waals surface area (Å²) >= 11 is 0. The third-order valence-electron chi connectivity index (χ3n) is 1.27. The second-order valence-corrected chi connectivity index (χ2v) is 3.00. The minimum absolute atomic E-state index is 0. The standard InChI is InChI=1S/C6H5N3.ClHO4.H2O/c1-2-4-6-5(3-1)7-9-8-6;2-1(3,4)5;/h1-4H,(H,7,8,9);(H,2,3,4,5);1H2. The molecule has 84 valence electrons. The minimum atomic E-state index is -4.94. The van der Waals surface area contributed by atoms with Crippen LogP contribution in [0.5, 0.6) is 0 Å². The molecule has 2 rings (SSSR count). The number of halogens is 1. The highest BCUT2D eigenvalue weighted by Crippen LogP contribution is 2.00. The van der Waals surface area contributed by atoms with Crippen LogP contribution in [0, 0.1) is 10.2 Å². The van der Waals surface area contributed by atoms with E-state index in [0.717, 1.165) is 11.0 Å². The summed E-state index contributed by atoms with van der Waals surface area (Å²) in [4.78, 5) is 0. The van der Waals surface area contributed by atoms with Crippen LogP contribution < -0.4 is 23.7 Å². The maximum atomic E-state index is 8.49. The fourth-order valence-corrected chi connectivity index (χ4v) is 0.825. The first-order valence-corrected chi connectivity index (χ1v) is 4.63. The number of fused-ring (bicyclic) bond motifs is 1. The summed E-state index contributed by atoms with van der Waals surface area (Å²) in [6.07, 6.45) is 0. The van der Waals surface area contributed by atoms with Gasteiger partial charge in [0.15, 0.2) is 5.52 Å². The Balaban J connectivity index is 0.000000289. The molecule has 2 aromatic rings. The van der Waals surface area contributed by atoms with E-state index in [9.17, 15) is 0 Å². The number of rotatable bonds is 0. The maximum absolute atomic E-state index is 8.49. The zero-order valence-corrected chi connectivity index (χ0v) is 8.02. The van der Waals surface area contributed by atoms with Crippen LogP contribution in [0.4, 0.5) is 0 Å². The lowest BCUT2D eigenvalue weighted by Gasteiger charge is -2.17. The molecule has 9 heteroatoms. The molecule has 0 aliphatic carbocycles. The van der Waals surface area contributed by atoms with Gasteiger partial charge in [0.05, 0.1) is 0 Å². The zero-order chi connectivity index (χ0) is 10.6. The van der Waals surface area contributed by atoms with Crippen molar-refractivity contribution in [3.8, 4) is 0 Å². The van der Waals surface area contributed by atoms with Crippen molar-refractivity contribution in [2.24, 2.45) is 0 Å². The molecule has 1 heterocycles. The molecule has 0 bridgehead atoms. The van der Waals surface area contributed by atoms with Gasteiger partial charge in [0.2, 0.25) is 5.52 Å². The van der Waals surface area contributed by atoms with Crippen molar-refractivity contribution in [3.05, 3.63) is 24.3 Å². The number of hydrogen-bond donors (Lipinski definition) is 1. The van der Waals surface area contributed by atoms with Crippen LogP contribution in [0.25, 0.3) is 11.0 Å². The quantitative estimate of drug-likeness (QED) is 0.482. The summed E-state index contributed by atoms with van der Waals surface area (Å²) in [7, 11) is -4.94. The first kappa shape index (κ1) is 13.7. The molecule has 0 radical (unpaired) electrons. The van der Waals surface area contributed by atoms with Crippen LogP contribution in [0.15, 0.2) is 24.3 Å². The van der Waals surface area contributed by atoms with Crippen molar-refractivity contribution >= 4 is 11.0 Å². The van der Waals surface area contributed by atoms with Crippen LogP contribution in [0.1, 0.15) is 0 Å². The first-order valence-electron chi connectivity index (χ1n) is 3.39. The lowest BCUT2D eigenvalue weighted by molar-refractivity contribution is -2.00. The number of nitrogens with zero attached hydrogens (tertiary/aromatic N) is 1. The van der Waals surface area contributed by atoms with E-state index in [4.69, 9.17) is 18.6 Å². The lowest BCUT2D eigenvalue weighted by Crippen LogP contribution is -2.68. The number of hydrogen-bond acceptors (Lipinski definition) is 5. The summed E-state index contributed by atoms with van der Waals surface area (Å²) < 4.78 is 34.0. The van der Waals surface area contributed by atoms with E-state index in [2.05, 4.69) is 15.4 Å². The normalized spacial score (nSPS) is 10.1. The largest absolute Gasteiger partial charge is 0.412 e. The number of aromatic nitrogens is 3. The Bertz CT molecular complexity index is 365. The van der Waals surface area contributed by atoms with Crippen molar-refractivity contribution in [1.82, 2.24) is 10.3 Å². The molecule has 0 saturated carbocycles. The lowest BCUT2D eigenvalue weighted by atomic mass is 10.3. The topological polar surface area (TPSA) is 167 Å². The van der Waals surface area contributed by atoms with E-state index < -0.39 is 10.2 Å². The Labute approximate surface area is 85.8 Å². The number of aromatic amines is 2. The summed E-state index contributed by atoms with van der Waals surface area (Å²) in [6, 6.07) is 7.84. The first-order chi connectivity index (χ1) is 6.47. The predicted octanol–water partition coefficient (Wildman–Crippen LogP) is -5.20. The van der Waals surface area contributed by atoms with Gasteiger partial charge in [-0.05, 0) is 12.1 Å². The molecule has 0 saturated heterocycles. The van der Waals surface area contributed by atoms with Crippen LogP contribution in [0.2, 0.25) is 0 Å². The van der Waals surface area contributed by atoms with E-state index in [1.54, 1.807) is 0 Å². The molecule has 15 heavy (non-hydrogen) atoms. The van der Waals surface area contributed by atoms with Crippen molar-refractivity contribution in [2.75, 3.05) is 0 Å². The van der Waals surface area contributed by atoms with Crippen LogP contribution in [-0.4, -0.2) is 15.8 Å². The number of para-hydroxylation sites is 2. The predicted molar refractivity (Wildman–Crippen MR) is 36.3 cm³/mol. The fraction of sp³-hybridized carbons (Fsp3) is 0. The Morgan fingerprint density at radius 1 is 1.13 bits per heavy atom. The van der Waals surface area contributed by atoms with Crippen molar-refractivity contribution in [3.63, 3.8) is 0 Å². The fourth-order valence-electron chi connectivity index (χ4n) is 0.825. The van der Waals surface area contributed by atoms with Gasteiger partial charge >= 0.3 is 0 Å². The smallest absolute Gasteiger partial charge is 0.248 e. The molecule has 8 nitrogen and oxygen atoms in total. The molecule has 0 unspecified atom stereocenters. The van der Waals surface area contributed by atoms with E-state index in [1.807, 2.05) is 24.3 Å². The van der Waals surface area contributed by atoms with Crippen molar-refractivity contribution in [1.29, 1.82) is 0 Å². The van der Waals surface area contributed by atoms with Gasteiger partial charge in [0, 0.05) is 5.10 Å². The van der Waals surface area contributed by atoms with Gasteiger partial charge < -0.3 is 5.48 Å². The molecule has 1 aromatic carbocycles. The molecular weight excluding hydrogens is 230 g/mol. The average Bonchev–Trinajstić information content (AvgIpc) is 2.47. The highest BCUT2D eigenvalue weighted by atomic mass is 35.7. The van der Waals surface area contributed by atoms with Gasteiger partial charge in [-0.3, -0.25) is 0 Å². The molecular formula is C6H8ClN3O5. The molecule has 0 spiro atoms. The van der Waals surface area contributed by atoms with Gasteiger partial charge in [-0.2, -0.15) is 5.10 Å². The zero-order valence-electron chi connectivity index (χ0n) is 7.27. The maximum Gasteiger partial charge on any atom is 0.248 e. The highest BCUT2D eigenvalue weighted by Gasteiger charge is 1.99. The van der Waals surface area contributed by atoms with Gasteiger partial charge in [0.25, 0.3) is 0 Å². The van der Waals surface area contributed by atoms with E-state index in [1.165, 1.54) is 0 Å². The van der Waals surface area contributed by atoms with Gasteiger partial charge in [-0.25, -0.2) is 18.6 Å². The second-order valence-electron chi connectivity index (χ2n) is 2.24. The Hall–Kier alpha value is -1.29. The minimum Gasteiger partial charge on any atom is -0.412 e. The Kier molecular flexibility index (Phi) is 5.08. The van der Waals surface area contributed by atoms with Crippen LogP contribution in [0.3, 0.4) is 0 Å². The van der Waals surface area contributed by atoms with E-state index >= 15 is 0 Å². The molecule has 0 atom stereocenters. The molecule has 4 N–H and O–H groups in total. The van der Waals surface area contributed by atoms with Gasteiger partial charge in [0.1, 0.15) is 0 Å². The Morgan fingerprint density at radius 2 is 1.67 bits per heavy atom. The SMILES string of the molecule is O.[O-][Cl+3]([O-])([O-])[O-].c1ccc2[nH+][nH]nc2c1. The van der Waals surface area contributed by atoms with Crippen LogP contribution >= 0.6 is 0 Å². The van der Waals surface area contributed by atoms with Gasteiger partial charge in [-0.15, -0.1) is 10.2 Å². The summed E-state index contributed by atoms with van der Waals surface area (Å²) in [6.45, 7) is 0. The molecule has 0 aliphatic heterocycles. The second kappa shape index (κ2) is 5.56. The Morgan fingerprint density at radius 3 is 2.20 bits per heavy atom. The summed E-state index contributed by atoms with van der Waals surface area (Å²) in [5, 5.41) is 9.48. The van der Waals surface area contributed by atoms with Crippen molar-refractivity contribution in [2.45, 2.75) is 0 Å². The summed E-state index contributed by atoms with van der Waals surface area (Å²) in [5.41, 5.74) is 2.01. The van der Waals surface area contributed by atoms with Crippen LogP contribution in [-0.2, 0) is 0 Å². The highest BCUT2D eigenvalue weighted by molar-refractivity contribution is 5.69. The molecule has 0 amide bonds. The summed E-state index contributed by atoms with van der Waals surface area (Å²) in [5.74, 6) is 0. The average molecular weight is 238 g/mol. The monoisotopic (exact) mass is 237 g/mol. The molecule has 1 aromatic heterocycles. The molecule has 0 fully saturated rings.